The number of nitrogens with zero attached hydrogens (tertiary/aromatic N) is 2. The molecule has 0 radical (unpaired) electrons. The zero-order valence-electron chi connectivity index (χ0n) is 10.9. The number of amides is 1. The van der Waals surface area contributed by atoms with E-state index in [4.69, 9.17) is 0 Å². The minimum absolute atomic E-state index is 0.175. The van der Waals surface area contributed by atoms with Gasteiger partial charge in [-0.3, -0.25) is 9.78 Å². The van der Waals surface area contributed by atoms with Crippen LogP contribution in [0, 0.1) is 5.92 Å². The zero-order chi connectivity index (χ0) is 12.8. The summed E-state index contributed by atoms with van der Waals surface area (Å²) in [6, 6.07) is 3.76. The molecule has 1 N–H and O–H groups in total. The van der Waals surface area contributed by atoms with Crippen LogP contribution in [0.2, 0.25) is 0 Å². The van der Waals surface area contributed by atoms with Crippen LogP contribution < -0.4 is 10.2 Å². The van der Waals surface area contributed by atoms with Crippen LogP contribution in [-0.2, 0) is 4.79 Å². The van der Waals surface area contributed by atoms with Crippen molar-refractivity contribution in [2.24, 2.45) is 5.92 Å². The molecule has 0 aromatic carbocycles. The van der Waals surface area contributed by atoms with Crippen molar-refractivity contribution in [2.45, 2.75) is 25.7 Å². The summed E-state index contributed by atoms with van der Waals surface area (Å²) in [6.45, 7) is 2.18. The van der Waals surface area contributed by atoms with E-state index in [1.54, 1.807) is 17.3 Å². The molecule has 2 heterocycles. The molecule has 2 rings (SSSR count). The Morgan fingerprint density at radius 3 is 3.17 bits per heavy atom. The molecule has 1 saturated heterocycles. The minimum Gasteiger partial charge on any atom is -0.316 e. The highest BCUT2D eigenvalue weighted by atomic mass is 16.2. The quantitative estimate of drug-likeness (QED) is 0.882. The molecule has 0 spiro atoms. The first kappa shape index (κ1) is 13.0. The minimum atomic E-state index is 0.175. The number of hydrogen-bond acceptors (Lipinski definition) is 3. The van der Waals surface area contributed by atoms with Crippen LogP contribution in [0.25, 0.3) is 0 Å². The first-order valence-corrected chi connectivity index (χ1v) is 6.64. The third kappa shape index (κ3) is 3.53. The molecule has 0 bridgehead atoms. The van der Waals surface area contributed by atoms with Gasteiger partial charge < -0.3 is 10.2 Å². The van der Waals surface area contributed by atoms with Crippen LogP contribution in [0.3, 0.4) is 0 Å². The van der Waals surface area contributed by atoms with E-state index in [1.807, 2.05) is 19.2 Å². The standard InChI is InChI=1S/C14H21N3O/c1-17(13-5-3-9-16-11-13)14(18)7-6-12-4-2-8-15-10-12/h3,5,9,11-12,15H,2,4,6-8,10H2,1H3. The summed E-state index contributed by atoms with van der Waals surface area (Å²) >= 11 is 0. The SMILES string of the molecule is CN(C(=O)CCC1CCCNC1)c1cccnc1. The van der Waals surface area contributed by atoms with Crippen LogP contribution in [0.15, 0.2) is 24.5 Å². The Kier molecular flexibility index (Phi) is 4.70. The molecule has 18 heavy (non-hydrogen) atoms. The van der Waals surface area contributed by atoms with Crippen molar-refractivity contribution < 1.29 is 4.79 Å². The van der Waals surface area contributed by atoms with Gasteiger partial charge in [0.2, 0.25) is 5.91 Å². The second-order valence-electron chi connectivity index (χ2n) is 4.92. The smallest absolute Gasteiger partial charge is 0.226 e. The fourth-order valence-electron chi connectivity index (χ4n) is 2.36. The van der Waals surface area contributed by atoms with Gasteiger partial charge in [0, 0.05) is 19.7 Å². The molecular formula is C14H21N3O. The number of carbonyl (C=O) groups is 1. The Morgan fingerprint density at radius 2 is 2.50 bits per heavy atom. The lowest BCUT2D eigenvalue weighted by molar-refractivity contribution is -0.118. The van der Waals surface area contributed by atoms with Crippen LogP contribution in [0.1, 0.15) is 25.7 Å². The van der Waals surface area contributed by atoms with E-state index in [0.717, 1.165) is 25.2 Å². The van der Waals surface area contributed by atoms with Gasteiger partial charge in [-0.15, -0.1) is 0 Å². The van der Waals surface area contributed by atoms with Gasteiger partial charge in [0.15, 0.2) is 0 Å². The molecule has 1 fully saturated rings. The maximum absolute atomic E-state index is 12.1. The summed E-state index contributed by atoms with van der Waals surface area (Å²) in [7, 11) is 1.82. The molecule has 1 aromatic rings. The summed E-state index contributed by atoms with van der Waals surface area (Å²) in [5.41, 5.74) is 0.865. The Balaban J connectivity index is 1.80. The number of pyridine rings is 1. The number of piperidine rings is 1. The summed E-state index contributed by atoms with van der Waals surface area (Å²) < 4.78 is 0. The van der Waals surface area contributed by atoms with Gasteiger partial charge in [0.05, 0.1) is 11.9 Å². The predicted molar refractivity (Wildman–Crippen MR) is 72.5 cm³/mol. The Bertz CT molecular complexity index is 374. The van der Waals surface area contributed by atoms with E-state index in [9.17, 15) is 4.79 Å². The van der Waals surface area contributed by atoms with Crippen LogP contribution in [-0.4, -0.2) is 31.0 Å². The molecule has 1 atom stereocenters. The number of aromatic nitrogens is 1. The van der Waals surface area contributed by atoms with Gasteiger partial charge in [-0.2, -0.15) is 0 Å². The number of hydrogen-bond donors (Lipinski definition) is 1. The van der Waals surface area contributed by atoms with Crippen molar-refractivity contribution in [2.75, 3.05) is 25.0 Å². The van der Waals surface area contributed by atoms with Crippen LogP contribution >= 0.6 is 0 Å². The van der Waals surface area contributed by atoms with E-state index in [2.05, 4.69) is 10.3 Å². The number of rotatable bonds is 4. The average Bonchev–Trinajstić information content (AvgIpc) is 2.46. The summed E-state index contributed by atoms with van der Waals surface area (Å²) in [5, 5.41) is 3.38. The first-order valence-electron chi connectivity index (χ1n) is 6.64. The van der Waals surface area contributed by atoms with Crippen molar-refractivity contribution in [3.63, 3.8) is 0 Å². The lowest BCUT2D eigenvalue weighted by atomic mass is 9.94. The molecule has 0 aliphatic carbocycles. The Hall–Kier alpha value is -1.42. The zero-order valence-corrected chi connectivity index (χ0v) is 10.9. The van der Waals surface area contributed by atoms with Gasteiger partial charge in [-0.1, -0.05) is 0 Å². The fourth-order valence-corrected chi connectivity index (χ4v) is 2.36. The number of nitrogens with one attached hydrogen (secondary N) is 1. The van der Waals surface area contributed by atoms with Gasteiger partial charge in [0.1, 0.15) is 0 Å². The van der Waals surface area contributed by atoms with Crippen molar-refractivity contribution in [1.82, 2.24) is 10.3 Å². The molecule has 4 nitrogen and oxygen atoms in total. The van der Waals surface area contributed by atoms with Gasteiger partial charge >= 0.3 is 0 Å². The lowest BCUT2D eigenvalue weighted by Gasteiger charge is -2.23. The number of anilines is 1. The van der Waals surface area contributed by atoms with E-state index in [-0.39, 0.29) is 5.91 Å². The topological polar surface area (TPSA) is 45.2 Å². The monoisotopic (exact) mass is 247 g/mol. The average molecular weight is 247 g/mol. The van der Waals surface area contributed by atoms with Gasteiger partial charge in [0.25, 0.3) is 0 Å². The Morgan fingerprint density at radius 1 is 1.61 bits per heavy atom. The third-order valence-electron chi connectivity index (χ3n) is 3.57. The van der Waals surface area contributed by atoms with E-state index < -0.39 is 0 Å². The molecule has 1 aliphatic rings. The molecule has 0 saturated carbocycles. The normalized spacial score (nSPS) is 19.5. The maximum Gasteiger partial charge on any atom is 0.226 e. The summed E-state index contributed by atoms with van der Waals surface area (Å²) in [4.78, 5) is 17.8. The molecule has 1 amide bonds. The molecule has 1 aromatic heterocycles. The van der Waals surface area contributed by atoms with Gasteiger partial charge in [-0.25, -0.2) is 0 Å². The lowest BCUT2D eigenvalue weighted by Crippen LogP contribution is -2.31. The first-order chi connectivity index (χ1) is 8.77. The highest BCUT2D eigenvalue weighted by Crippen LogP contribution is 2.18. The fraction of sp³-hybridized carbons (Fsp3) is 0.571. The molecule has 4 heteroatoms. The second kappa shape index (κ2) is 6.50. The molecule has 1 unspecified atom stereocenters. The summed E-state index contributed by atoms with van der Waals surface area (Å²) in [5.74, 6) is 0.832. The third-order valence-corrected chi connectivity index (χ3v) is 3.57. The predicted octanol–water partition coefficient (Wildman–Crippen LogP) is 1.82. The van der Waals surface area contributed by atoms with Crippen molar-refractivity contribution in [3.8, 4) is 0 Å². The highest BCUT2D eigenvalue weighted by molar-refractivity contribution is 5.92. The highest BCUT2D eigenvalue weighted by Gasteiger charge is 2.16. The molecule has 1 aliphatic heterocycles. The van der Waals surface area contributed by atoms with Crippen LogP contribution in [0.5, 0.6) is 0 Å². The maximum atomic E-state index is 12.1. The van der Waals surface area contributed by atoms with Gasteiger partial charge in [-0.05, 0) is 50.4 Å². The van der Waals surface area contributed by atoms with E-state index >= 15 is 0 Å². The van der Waals surface area contributed by atoms with E-state index in [0.29, 0.717) is 12.3 Å². The summed E-state index contributed by atoms with van der Waals surface area (Å²) in [6.07, 6.45) is 7.53. The van der Waals surface area contributed by atoms with E-state index in [1.165, 1.54) is 12.8 Å². The van der Waals surface area contributed by atoms with Crippen LogP contribution in [0.4, 0.5) is 5.69 Å². The van der Waals surface area contributed by atoms with Crippen molar-refractivity contribution in [1.29, 1.82) is 0 Å². The Labute approximate surface area is 108 Å². The molecule has 98 valence electrons. The van der Waals surface area contributed by atoms with Crippen molar-refractivity contribution >= 4 is 11.6 Å². The largest absolute Gasteiger partial charge is 0.316 e. The van der Waals surface area contributed by atoms with Crippen molar-refractivity contribution in [3.05, 3.63) is 24.5 Å². The second-order valence-corrected chi connectivity index (χ2v) is 4.92. The number of carbonyl (C=O) groups excluding carboxylic acids is 1. The molecular weight excluding hydrogens is 226 g/mol.